The van der Waals surface area contributed by atoms with Crippen molar-refractivity contribution in [2.24, 2.45) is 5.92 Å². The Morgan fingerprint density at radius 2 is 2.12 bits per heavy atom. The lowest BCUT2D eigenvalue weighted by atomic mass is 9.85. The maximum absolute atomic E-state index is 11.0. The largest absolute Gasteiger partial charge is 0.478 e. The minimum Gasteiger partial charge on any atom is -0.478 e. The van der Waals surface area contributed by atoms with Gasteiger partial charge in [0.25, 0.3) is 0 Å². The molecule has 2 rings (SSSR count). The summed E-state index contributed by atoms with van der Waals surface area (Å²) in [4.78, 5) is 18.9. The average molecular weight is 220 g/mol. The fraction of sp³-hybridized carbons (Fsp3) is 0.583. The first-order valence-corrected chi connectivity index (χ1v) is 5.79. The molecule has 86 valence electrons. The Morgan fingerprint density at radius 3 is 2.81 bits per heavy atom. The minimum absolute atomic E-state index is 0.257. The highest BCUT2D eigenvalue weighted by atomic mass is 16.4. The van der Waals surface area contributed by atoms with E-state index < -0.39 is 5.97 Å². The Kier molecular flexibility index (Phi) is 3.49. The second-order valence-electron chi connectivity index (χ2n) is 4.40. The van der Waals surface area contributed by atoms with E-state index in [0.29, 0.717) is 11.6 Å². The normalized spacial score (nSPS) is 17.2. The molecule has 1 aromatic heterocycles. The summed E-state index contributed by atoms with van der Waals surface area (Å²) >= 11 is 0. The summed E-state index contributed by atoms with van der Waals surface area (Å²) in [6, 6.07) is 0. The number of nitrogens with zero attached hydrogens (tertiary/aromatic N) is 2. The van der Waals surface area contributed by atoms with Crippen LogP contribution >= 0.6 is 0 Å². The van der Waals surface area contributed by atoms with Crippen LogP contribution in [0.4, 0.5) is 0 Å². The molecule has 16 heavy (non-hydrogen) atoms. The average Bonchev–Trinajstić information content (AvgIpc) is 2.31. The first-order chi connectivity index (χ1) is 7.77. The van der Waals surface area contributed by atoms with Gasteiger partial charge in [-0.1, -0.05) is 32.1 Å². The summed E-state index contributed by atoms with van der Waals surface area (Å²) in [6.45, 7) is 0. The van der Waals surface area contributed by atoms with Gasteiger partial charge < -0.3 is 5.11 Å². The predicted molar refractivity (Wildman–Crippen MR) is 59.3 cm³/mol. The number of aromatic carboxylic acids is 1. The van der Waals surface area contributed by atoms with Crippen LogP contribution in [0.15, 0.2) is 12.5 Å². The molecule has 4 nitrogen and oxygen atoms in total. The van der Waals surface area contributed by atoms with E-state index in [1.54, 1.807) is 0 Å². The summed E-state index contributed by atoms with van der Waals surface area (Å²) in [5.74, 6) is -0.326. The number of carbonyl (C=O) groups is 1. The van der Waals surface area contributed by atoms with E-state index in [9.17, 15) is 4.79 Å². The van der Waals surface area contributed by atoms with Crippen molar-refractivity contribution in [2.45, 2.75) is 38.5 Å². The van der Waals surface area contributed by atoms with Gasteiger partial charge in [0.15, 0.2) is 0 Å². The Labute approximate surface area is 94.7 Å². The van der Waals surface area contributed by atoms with Gasteiger partial charge in [0.05, 0.1) is 11.3 Å². The zero-order chi connectivity index (χ0) is 11.4. The van der Waals surface area contributed by atoms with Crippen molar-refractivity contribution in [1.82, 2.24) is 9.97 Å². The summed E-state index contributed by atoms with van der Waals surface area (Å²) in [5.41, 5.74) is 0.947. The van der Waals surface area contributed by atoms with Crippen molar-refractivity contribution in [2.75, 3.05) is 0 Å². The summed E-state index contributed by atoms with van der Waals surface area (Å²) in [6.07, 6.45) is 9.84. The Morgan fingerprint density at radius 1 is 1.38 bits per heavy atom. The number of hydrogen-bond donors (Lipinski definition) is 1. The van der Waals surface area contributed by atoms with Crippen LogP contribution < -0.4 is 0 Å². The molecule has 0 spiro atoms. The second kappa shape index (κ2) is 5.05. The molecule has 0 unspecified atom stereocenters. The van der Waals surface area contributed by atoms with Crippen LogP contribution in [0.25, 0.3) is 0 Å². The van der Waals surface area contributed by atoms with E-state index in [1.165, 1.54) is 44.6 Å². The van der Waals surface area contributed by atoms with E-state index in [2.05, 4.69) is 9.97 Å². The van der Waals surface area contributed by atoms with Gasteiger partial charge >= 0.3 is 5.97 Å². The van der Waals surface area contributed by atoms with Crippen LogP contribution in [0.5, 0.6) is 0 Å². The maximum atomic E-state index is 11.0. The van der Waals surface area contributed by atoms with E-state index in [0.717, 1.165) is 6.42 Å². The zero-order valence-electron chi connectivity index (χ0n) is 9.22. The third-order valence-electron chi connectivity index (χ3n) is 3.23. The van der Waals surface area contributed by atoms with Crippen LogP contribution in [0.1, 0.15) is 48.2 Å². The highest BCUT2D eigenvalue weighted by Gasteiger charge is 2.18. The Bertz CT molecular complexity index is 373. The number of rotatable bonds is 3. The van der Waals surface area contributed by atoms with Gasteiger partial charge in [0.1, 0.15) is 6.33 Å². The lowest BCUT2D eigenvalue weighted by Crippen LogP contribution is -2.14. The van der Waals surface area contributed by atoms with Crippen molar-refractivity contribution in [3.05, 3.63) is 23.8 Å². The monoisotopic (exact) mass is 220 g/mol. The quantitative estimate of drug-likeness (QED) is 0.848. The molecule has 1 aliphatic carbocycles. The molecule has 0 radical (unpaired) electrons. The van der Waals surface area contributed by atoms with Crippen molar-refractivity contribution >= 4 is 5.97 Å². The summed E-state index contributed by atoms with van der Waals surface area (Å²) in [5, 5.41) is 9.02. The summed E-state index contributed by atoms with van der Waals surface area (Å²) < 4.78 is 0. The highest BCUT2D eigenvalue weighted by molar-refractivity contribution is 5.88. The van der Waals surface area contributed by atoms with E-state index in [4.69, 9.17) is 5.11 Å². The molecule has 0 atom stereocenters. The van der Waals surface area contributed by atoms with Crippen molar-refractivity contribution in [1.29, 1.82) is 0 Å². The van der Waals surface area contributed by atoms with Gasteiger partial charge in [-0.05, 0) is 12.3 Å². The molecule has 0 amide bonds. The third-order valence-corrected chi connectivity index (χ3v) is 3.23. The molecule has 1 saturated carbocycles. The van der Waals surface area contributed by atoms with Gasteiger partial charge in [-0.15, -0.1) is 0 Å². The summed E-state index contributed by atoms with van der Waals surface area (Å²) in [7, 11) is 0. The van der Waals surface area contributed by atoms with Crippen molar-refractivity contribution in [3.63, 3.8) is 0 Å². The molecule has 1 aliphatic rings. The fourth-order valence-corrected chi connectivity index (χ4v) is 2.36. The van der Waals surface area contributed by atoms with E-state index in [-0.39, 0.29) is 5.56 Å². The fourth-order valence-electron chi connectivity index (χ4n) is 2.36. The lowest BCUT2D eigenvalue weighted by Gasteiger charge is -2.21. The smallest absolute Gasteiger partial charge is 0.339 e. The zero-order valence-corrected chi connectivity index (χ0v) is 9.22. The molecule has 0 saturated heterocycles. The van der Waals surface area contributed by atoms with Gasteiger partial charge in [0.2, 0.25) is 0 Å². The first-order valence-electron chi connectivity index (χ1n) is 5.79. The second-order valence-corrected chi connectivity index (χ2v) is 4.40. The van der Waals surface area contributed by atoms with Crippen molar-refractivity contribution < 1.29 is 9.90 Å². The molecular weight excluding hydrogens is 204 g/mol. The standard InChI is InChI=1S/C12H16N2O2/c15-12(16)10-7-13-8-14-11(10)6-9-4-2-1-3-5-9/h7-9H,1-6H2,(H,15,16). The number of carboxylic acids is 1. The predicted octanol–water partition coefficient (Wildman–Crippen LogP) is 2.30. The minimum atomic E-state index is -0.925. The van der Waals surface area contributed by atoms with Crippen LogP contribution in [0.2, 0.25) is 0 Å². The molecule has 1 N–H and O–H groups in total. The highest BCUT2D eigenvalue weighted by Crippen LogP contribution is 2.26. The van der Waals surface area contributed by atoms with Crippen molar-refractivity contribution in [3.8, 4) is 0 Å². The number of carboxylic acid groups (broad SMARTS) is 1. The molecule has 0 bridgehead atoms. The van der Waals surface area contributed by atoms with E-state index in [1.807, 2.05) is 0 Å². The Hall–Kier alpha value is -1.45. The molecule has 1 heterocycles. The molecule has 4 heteroatoms. The maximum Gasteiger partial charge on any atom is 0.339 e. The lowest BCUT2D eigenvalue weighted by molar-refractivity contribution is 0.0694. The van der Waals surface area contributed by atoms with Gasteiger partial charge in [0, 0.05) is 6.20 Å². The number of aromatic nitrogens is 2. The number of hydrogen-bond acceptors (Lipinski definition) is 3. The molecular formula is C12H16N2O2. The van der Waals surface area contributed by atoms with Crippen LogP contribution in [-0.2, 0) is 6.42 Å². The molecule has 0 aromatic carbocycles. The van der Waals surface area contributed by atoms with Crippen LogP contribution in [-0.4, -0.2) is 21.0 Å². The van der Waals surface area contributed by atoms with Crippen LogP contribution in [0.3, 0.4) is 0 Å². The van der Waals surface area contributed by atoms with Gasteiger partial charge in [-0.25, -0.2) is 14.8 Å². The van der Waals surface area contributed by atoms with Crippen LogP contribution in [0, 0.1) is 5.92 Å². The molecule has 1 fully saturated rings. The van der Waals surface area contributed by atoms with E-state index >= 15 is 0 Å². The molecule has 1 aromatic rings. The van der Waals surface area contributed by atoms with Gasteiger partial charge in [-0.2, -0.15) is 0 Å². The Balaban J connectivity index is 2.10. The molecule has 0 aliphatic heterocycles. The first kappa shape index (κ1) is 11.0. The SMILES string of the molecule is O=C(O)c1cncnc1CC1CCCCC1. The third kappa shape index (κ3) is 2.56. The topological polar surface area (TPSA) is 63.1 Å². The van der Waals surface area contributed by atoms with Gasteiger partial charge in [-0.3, -0.25) is 0 Å².